The zero-order valence-corrected chi connectivity index (χ0v) is 18.8. The van der Waals surface area contributed by atoms with Gasteiger partial charge in [0.2, 0.25) is 0 Å². The van der Waals surface area contributed by atoms with E-state index in [0.29, 0.717) is 0 Å². The predicted molar refractivity (Wildman–Crippen MR) is 126 cm³/mol. The second kappa shape index (κ2) is 10.1. The summed E-state index contributed by atoms with van der Waals surface area (Å²) in [5, 5.41) is 9.13. The molecule has 0 saturated carbocycles. The Labute approximate surface area is 190 Å². The summed E-state index contributed by atoms with van der Waals surface area (Å²) >= 11 is 0. The Morgan fingerprint density at radius 3 is 2.34 bits per heavy atom. The zero-order chi connectivity index (χ0) is 21.8. The molecule has 8 nitrogen and oxygen atoms in total. The van der Waals surface area contributed by atoms with Gasteiger partial charge in [0.25, 0.3) is 0 Å². The third-order valence-corrected chi connectivity index (χ3v) is 6.86. The van der Waals surface area contributed by atoms with Gasteiger partial charge in [0.15, 0.2) is 5.82 Å². The number of anilines is 2. The lowest BCUT2D eigenvalue weighted by Crippen LogP contribution is -2.47. The average molecular weight is 439 g/mol. The number of piperazine rings is 1. The van der Waals surface area contributed by atoms with Gasteiger partial charge >= 0.3 is 0 Å². The summed E-state index contributed by atoms with van der Waals surface area (Å²) in [5.41, 5.74) is 3.56. The van der Waals surface area contributed by atoms with Crippen molar-refractivity contribution in [2.24, 2.45) is 0 Å². The lowest BCUT2D eigenvalue weighted by atomic mass is 10.1. The largest absolute Gasteiger partial charge is 0.395 e. The van der Waals surface area contributed by atoms with Crippen LogP contribution in [0.3, 0.4) is 0 Å². The van der Waals surface area contributed by atoms with E-state index in [-0.39, 0.29) is 6.61 Å². The van der Waals surface area contributed by atoms with Crippen LogP contribution in [-0.2, 0) is 11.2 Å². The first-order valence-corrected chi connectivity index (χ1v) is 11.9. The Morgan fingerprint density at radius 2 is 1.59 bits per heavy atom. The SMILES string of the molecule is OCCN1CCN(c2ccc(-c3ncc4c(n3)N(CCN3CCOCC3)CC4)cc2)CC1. The van der Waals surface area contributed by atoms with Crippen molar-refractivity contribution < 1.29 is 9.84 Å². The molecule has 1 aromatic heterocycles. The van der Waals surface area contributed by atoms with Gasteiger partial charge in [0, 0.05) is 88.5 Å². The van der Waals surface area contributed by atoms with Crippen LogP contribution in [0.25, 0.3) is 11.4 Å². The number of aliphatic hydroxyl groups excluding tert-OH is 1. The Morgan fingerprint density at radius 1 is 0.844 bits per heavy atom. The van der Waals surface area contributed by atoms with Crippen molar-refractivity contribution in [3.05, 3.63) is 36.0 Å². The van der Waals surface area contributed by atoms with Gasteiger partial charge in [-0.1, -0.05) is 0 Å². The molecule has 0 amide bonds. The van der Waals surface area contributed by atoms with Gasteiger partial charge in [-0.15, -0.1) is 0 Å². The number of aliphatic hydroxyl groups is 1. The van der Waals surface area contributed by atoms with E-state index < -0.39 is 0 Å². The number of aromatic nitrogens is 2. The maximum absolute atomic E-state index is 9.13. The number of nitrogens with zero attached hydrogens (tertiary/aromatic N) is 6. The molecule has 5 rings (SSSR count). The van der Waals surface area contributed by atoms with Crippen LogP contribution in [0.5, 0.6) is 0 Å². The van der Waals surface area contributed by atoms with Crippen molar-refractivity contribution in [1.29, 1.82) is 0 Å². The van der Waals surface area contributed by atoms with Crippen LogP contribution in [0, 0.1) is 0 Å². The molecular formula is C24H34N6O2. The fourth-order valence-corrected chi connectivity index (χ4v) is 4.85. The van der Waals surface area contributed by atoms with Crippen molar-refractivity contribution in [2.75, 3.05) is 95.1 Å². The molecule has 1 aromatic carbocycles. The summed E-state index contributed by atoms with van der Waals surface area (Å²) in [6.07, 6.45) is 3.04. The number of morpholine rings is 1. The van der Waals surface area contributed by atoms with Gasteiger partial charge in [-0.05, 0) is 30.7 Å². The van der Waals surface area contributed by atoms with Crippen LogP contribution >= 0.6 is 0 Å². The fourth-order valence-electron chi connectivity index (χ4n) is 4.85. The molecule has 2 aromatic rings. The highest BCUT2D eigenvalue weighted by molar-refractivity contribution is 5.63. The van der Waals surface area contributed by atoms with Crippen LogP contribution in [0.2, 0.25) is 0 Å². The summed E-state index contributed by atoms with van der Waals surface area (Å²) in [6.45, 7) is 11.8. The monoisotopic (exact) mass is 438 g/mol. The van der Waals surface area contributed by atoms with Crippen LogP contribution < -0.4 is 9.80 Å². The molecule has 0 unspecified atom stereocenters. The third kappa shape index (κ3) is 4.88. The maximum Gasteiger partial charge on any atom is 0.161 e. The molecule has 0 spiro atoms. The topological polar surface area (TPSA) is 68.2 Å². The van der Waals surface area contributed by atoms with E-state index in [1.807, 2.05) is 6.20 Å². The summed E-state index contributed by atoms with van der Waals surface area (Å²) < 4.78 is 5.46. The van der Waals surface area contributed by atoms with Gasteiger partial charge in [0.1, 0.15) is 5.82 Å². The molecule has 0 aliphatic carbocycles. The number of ether oxygens (including phenoxy) is 1. The number of rotatable bonds is 7. The zero-order valence-electron chi connectivity index (χ0n) is 18.8. The molecular weight excluding hydrogens is 404 g/mol. The number of benzene rings is 1. The molecule has 4 heterocycles. The molecule has 1 N–H and O–H groups in total. The minimum absolute atomic E-state index is 0.236. The summed E-state index contributed by atoms with van der Waals surface area (Å²) in [6, 6.07) is 8.65. The average Bonchev–Trinajstić information content (AvgIpc) is 3.26. The van der Waals surface area contributed by atoms with Crippen LogP contribution in [0.15, 0.2) is 30.5 Å². The second-order valence-electron chi connectivity index (χ2n) is 8.83. The highest BCUT2D eigenvalue weighted by Crippen LogP contribution is 2.28. The first-order chi connectivity index (χ1) is 15.8. The predicted octanol–water partition coefficient (Wildman–Crippen LogP) is 0.953. The number of hydrogen-bond donors (Lipinski definition) is 1. The third-order valence-electron chi connectivity index (χ3n) is 6.86. The lowest BCUT2D eigenvalue weighted by molar-refractivity contribution is 0.0392. The van der Waals surface area contributed by atoms with Crippen molar-refractivity contribution in [1.82, 2.24) is 19.8 Å². The summed E-state index contributed by atoms with van der Waals surface area (Å²) in [4.78, 5) is 19.3. The lowest BCUT2D eigenvalue weighted by Gasteiger charge is -2.35. The number of fused-ring (bicyclic) bond motifs is 1. The molecule has 172 valence electrons. The summed E-state index contributed by atoms with van der Waals surface area (Å²) in [5.74, 6) is 1.91. The van der Waals surface area contributed by atoms with Crippen LogP contribution in [0.4, 0.5) is 11.5 Å². The highest BCUT2D eigenvalue weighted by Gasteiger charge is 2.23. The molecule has 0 radical (unpaired) electrons. The minimum Gasteiger partial charge on any atom is -0.395 e. The quantitative estimate of drug-likeness (QED) is 0.686. The number of β-amino-alcohol motifs (C(OH)–C–C–N with tert-alkyl or cyclic N) is 1. The fraction of sp³-hybridized carbons (Fsp3) is 0.583. The van der Waals surface area contributed by atoms with Gasteiger partial charge in [-0.25, -0.2) is 9.97 Å². The molecule has 3 aliphatic rings. The Hall–Kier alpha value is -2.26. The molecule has 0 atom stereocenters. The molecule has 8 heteroatoms. The highest BCUT2D eigenvalue weighted by atomic mass is 16.5. The maximum atomic E-state index is 9.13. The van der Waals surface area contributed by atoms with Gasteiger partial charge < -0.3 is 19.6 Å². The van der Waals surface area contributed by atoms with E-state index in [2.05, 4.69) is 48.8 Å². The van der Waals surface area contributed by atoms with Crippen molar-refractivity contribution in [3.63, 3.8) is 0 Å². The molecule has 32 heavy (non-hydrogen) atoms. The van der Waals surface area contributed by atoms with E-state index in [1.165, 1.54) is 11.3 Å². The van der Waals surface area contributed by atoms with E-state index in [1.54, 1.807) is 0 Å². The van der Waals surface area contributed by atoms with Crippen LogP contribution in [-0.4, -0.2) is 110 Å². The normalized spacial score (nSPS) is 20.0. The molecule has 3 aliphatic heterocycles. The van der Waals surface area contributed by atoms with Crippen LogP contribution in [0.1, 0.15) is 5.56 Å². The Bertz CT molecular complexity index is 879. The van der Waals surface area contributed by atoms with Gasteiger partial charge in [0.05, 0.1) is 19.8 Å². The van der Waals surface area contributed by atoms with E-state index in [0.717, 1.165) is 102 Å². The van der Waals surface area contributed by atoms with Crippen molar-refractivity contribution >= 4 is 11.5 Å². The smallest absolute Gasteiger partial charge is 0.161 e. The molecule has 0 bridgehead atoms. The Kier molecular flexibility index (Phi) is 6.83. The molecule has 2 saturated heterocycles. The summed E-state index contributed by atoms with van der Waals surface area (Å²) in [7, 11) is 0. The minimum atomic E-state index is 0.236. The van der Waals surface area contributed by atoms with E-state index in [4.69, 9.17) is 14.8 Å². The Balaban J connectivity index is 1.23. The first kappa shape index (κ1) is 21.6. The van der Waals surface area contributed by atoms with E-state index >= 15 is 0 Å². The second-order valence-corrected chi connectivity index (χ2v) is 8.83. The van der Waals surface area contributed by atoms with Crippen molar-refractivity contribution in [3.8, 4) is 11.4 Å². The van der Waals surface area contributed by atoms with Gasteiger partial charge in [-0.3, -0.25) is 9.80 Å². The number of hydrogen-bond acceptors (Lipinski definition) is 8. The van der Waals surface area contributed by atoms with E-state index in [9.17, 15) is 0 Å². The van der Waals surface area contributed by atoms with Crippen molar-refractivity contribution in [2.45, 2.75) is 6.42 Å². The first-order valence-electron chi connectivity index (χ1n) is 11.9. The molecule has 2 fully saturated rings. The standard InChI is InChI=1S/C24H34N6O2/c31-16-13-27-7-10-29(11-8-27)22-3-1-20(2-4-22)23-25-19-21-5-6-30(24(21)26-23)12-9-28-14-17-32-18-15-28/h1-4,19,31H,5-18H2. The van der Waals surface area contributed by atoms with Gasteiger partial charge in [-0.2, -0.15) is 0 Å².